The molecule has 0 aromatic heterocycles. The number of nitrogens with two attached hydrogens (primary N) is 1. The van der Waals surface area contributed by atoms with Crippen LogP contribution in [0.5, 0.6) is 0 Å². The summed E-state index contributed by atoms with van der Waals surface area (Å²) in [6.45, 7) is 6.82. The summed E-state index contributed by atoms with van der Waals surface area (Å²) in [5.74, 6) is 0. The molecule has 0 amide bonds. The van der Waals surface area contributed by atoms with Crippen molar-refractivity contribution in [3.63, 3.8) is 0 Å². The molecular weight excluding hydrogens is 248 g/mol. The monoisotopic (exact) mass is 268 g/mol. The van der Waals surface area contributed by atoms with Gasteiger partial charge in [0.05, 0.1) is 12.7 Å². The summed E-state index contributed by atoms with van der Waals surface area (Å²) in [4.78, 5) is 2.42. The molecule has 0 radical (unpaired) electrons. The summed E-state index contributed by atoms with van der Waals surface area (Å²) in [6, 6.07) is 6.15. The number of benzene rings is 1. The van der Waals surface area contributed by atoms with Gasteiger partial charge in [0.2, 0.25) is 0 Å². The lowest BCUT2D eigenvalue weighted by molar-refractivity contribution is -0.0591. The summed E-state index contributed by atoms with van der Waals surface area (Å²) < 4.78 is 5.70. The number of ether oxygens (including phenoxy) is 1. The third-order valence-corrected chi connectivity index (χ3v) is 3.92. The molecule has 2 rings (SSSR count). The predicted molar refractivity (Wildman–Crippen MR) is 75.8 cm³/mol. The van der Waals surface area contributed by atoms with Crippen LogP contribution in [-0.4, -0.2) is 30.2 Å². The lowest BCUT2D eigenvalue weighted by Crippen LogP contribution is -2.48. The fourth-order valence-electron chi connectivity index (χ4n) is 2.43. The van der Waals surface area contributed by atoms with Crippen LogP contribution in [0.15, 0.2) is 18.2 Å². The minimum absolute atomic E-state index is 0.275. The van der Waals surface area contributed by atoms with Gasteiger partial charge in [-0.3, -0.25) is 4.90 Å². The summed E-state index contributed by atoms with van der Waals surface area (Å²) in [5.41, 5.74) is 7.83. The van der Waals surface area contributed by atoms with Crippen LogP contribution in [0.4, 0.5) is 5.69 Å². The number of morpholine rings is 1. The van der Waals surface area contributed by atoms with E-state index >= 15 is 0 Å². The van der Waals surface area contributed by atoms with Crippen molar-refractivity contribution in [2.45, 2.75) is 39.0 Å². The van der Waals surface area contributed by atoms with Gasteiger partial charge in [-0.25, -0.2) is 0 Å². The van der Waals surface area contributed by atoms with Crippen LogP contribution in [0.1, 0.15) is 25.8 Å². The summed E-state index contributed by atoms with van der Waals surface area (Å²) in [7, 11) is 0. The lowest BCUT2D eigenvalue weighted by Gasteiger charge is -2.38. The van der Waals surface area contributed by atoms with Gasteiger partial charge in [-0.15, -0.1) is 0 Å². The van der Waals surface area contributed by atoms with E-state index in [0.717, 1.165) is 42.4 Å². The predicted octanol–water partition coefficient (Wildman–Crippen LogP) is 2.92. The van der Waals surface area contributed by atoms with Crippen molar-refractivity contribution >= 4 is 17.3 Å². The number of anilines is 1. The van der Waals surface area contributed by atoms with Crippen molar-refractivity contribution in [2.24, 2.45) is 0 Å². The Hall–Kier alpha value is -0.770. The molecule has 1 fully saturated rings. The number of hydrogen-bond donors (Lipinski definition) is 1. The maximum Gasteiger partial charge on any atom is 0.0674 e. The van der Waals surface area contributed by atoms with Crippen molar-refractivity contribution in [3.8, 4) is 0 Å². The first-order valence-electron chi connectivity index (χ1n) is 6.50. The highest BCUT2D eigenvalue weighted by Gasteiger charge is 2.26. The van der Waals surface area contributed by atoms with Gasteiger partial charge in [-0.05, 0) is 25.5 Å². The molecular formula is C14H21ClN2O. The van der Waals surface area contributed by atoms with Gasteiger partial charge in [0.25, 0.3) is 0 Å². The Morgan fingerprint density at radius 3 is 2.94 bits per heavy atom. The molecule has 0 aliphatic carbocycles. The molecule has 1 saturated heterocycles. The van der Waals surface area contributed by atoms with E-state index in [2.05, 4.69) is 18.7 Å². The zero-order valence-electron chi connectivity index (χ0n) is 11.0. The molecule has 0 saturated carbocycles. The van der Waals surface area contributed by atoms with Crippen LogP contribution < -0.4 is 5.73 Å². The topological polar surface area (TPSA) is 38.5 Å². The Bertz CT molecular complexity index is 391. The third-order valence-electron chi connectivity index (χ3n) is 3.57. The van der Waals surface area contributed by atoms with Gasteiger partial charge in [0.1, 0.15) is 0 Å². The van der Waals surface area contributed by atoms with Crippen LogP contribution in [0, 0.1) is 0 Å². The Morgan fingerprint density at radius 2 is 2.28 bits per heavy atom. The van der Waals surface area contributed by atoms with E-state index in [0.29, 0.717) is 6.04 Å². The Morgan fingerprint density at radius 1 is 1.50 bits per heavy atom. The number of hydrogen-bond acceptors (Lipinski definition) is 3. The second-order valence-electron chi connectivity index (χ2n) is 4.94. The highest BCUT2D eigenvalue weighted by molar-refractivity contribution is 6.31. The lowest BCUT2D eigenvalue weighted by atomic mass is 10.1. The fraction of sp³-hybridized carbons (Fsp3) is 0.571. The molecule has 0 spiro atoms. The molecule has 100 valence electrons. The normalized spacial score (nSPS) is 25.3. The van der Waals surface area contributed by atoms with Gasteiger partial charge in [0, 0.05) is 35.4 Å². The van der Waals surface area contributed by atoms with Gasteiger partial charge in [-0.1, -0.05) is 24.6 Å². The molecule has 0 bridgehead atoms. The Balaban J connectivity index is 2.15. The van der Waals surface area contributed by atoms with Gasteiger partial charge < -0.3 is 10.5 Å². The molecule has 2 atom stereocenters. The minimum Gasteiger partial charge on any atom is -0.398 e. The molecule has 3 nitrogen and oxygen atoms in total. The van der Waals surface area contributed by atoms with E-state index < -0.39 is 0 Å². The number of rotatable bonds is 3. The van der Waals surface area contributed by atoms with E-state index in [9.17, 15) is 0 Å². The van der Waals surface area contributed by atoms with Crippen LogP contribution in [0.2, 0.25) is 5.02 Å². The molecule has 1 aromatic rings. The molecule has 2 N–H and O–H groups in total. The third kappa shape index (κ3) is 2.97. The van der Waals surface area contributed by atoms with Crippen molar-refractivity contribution in [1.29, 1.82) is 0 Å². The first kappa shape index (κ1) is 13.7. The molecule has 4 heteroatoms. The standard InChI is InChI=1S/C14H21ClN2O/c1-3-11-9-18-10(2)7-17(11)8-12-13(15)5-4-6-14(12)16/h4-6,10-11H,3,7-9,16H2,1-2H3. The van der Waals surface area contributed by atoms with Crippen LogP contribution in [0.3, 0.4) is 0 Å². The van der Waals surface area contributed by atoms with E-state index in [4.69, 9.17) is 22.1 Å². The Labute approximate surface area is 114 Å². The minimum atomic E-state index is 0.275. The van der Waals surface area contributed by atoms with Crippen molar-refractivity contribution < 1.29 is 4.74 Å². The van der Waals surface area contributed by atoms with Crippen molar-refractivity contribution in [2.75, 3.05) is 18.9 Å². The average Bonchev–Trinajstić information content (AvgIpc) is 2.34. The maximum absolute atomic E-state index is 6.24. The number of nitrogen functional groups attached to an aromatic ring is 1. The van der Waals surface area contributed by atoms with Crippen LogP contribution in [-0.2, 0) is 11.3 Å². The zero-order valence-corrected chi connectivity index (χ0v) is 11.8. The second kappa shape index (κ2) is 5.91. The molecule has 2 unspecified atom stereocenters. The molecule has 18 heavy (non-hydrogen) atoms. The Kier molecular flexibility index (Phi) is 4.49. The van der Waals surface area contributed by atoms with Gasteiger partial charge in [-0.2, -0.15) is 0 Å². The molecule has 1 aliphatic rings. The number of halogens is 1. The average molecular weight is 269 g/mol. The van der Waals surface area contributed by atoms with E-state index in [1.807, 2.05) is 18.2 Å². The van der Waals surface area contributed by atoms with Crippen LogP contribution >= 0.6 is 11.6 Å². The smallest absolute Gasteiger partial charge is 0.0674 e. The summed E-state index contributed by atoms with van der Waals surface area (Å²) >= 11 is 6.24. The first-order valence-corrected chi connectivity index (χ1v) is 6.88. The highest BCUT2D eigenvalue weighted by Crippen LogP contribution is 2.26. The second-order valence-corrected chi connectivity index (χ2v) is 5.35. The summed E-state index contributed by atoms with van der Waals surface area (Å²) in [6.07, 6.45) is 1.35. The van der Waals surface area contributed by atoms with E-state index in [1.54, 1.807) is 0 Å². The first-order chi connectivity index (χ1) is 8.61. The fourth-order valence-corrected chi connectivity index (χ4v) is 2.67. The van der Waals surface area contributed by atoms with E-state index in [1.165, 1.54) is 0 Å². The highest BCUT2D eigenvalue weighted by atomic mass is 35.5. The zero-order chi connectivity index (χ0) is 13.1. The quantitative estimate of drug-likeness (QED) is 0.857. The summed E-state index contributed by atoms with van der Waals surface area (Å²) in [5, 5.41) is 0.754. The van der Waals surface area contributed by atoms with Crippen molar-refractivity contribution in [3.05, 3.63) is 28.8 Å². The SMILES string of the molecule is CCC1COC(C)CN1Cc1c(N)cccc1Cl. The molecule has 1 aromatic carbocycles. The van der Waals surface area contributed by atoms with E-state index in [-0.39, 0.29) is 6.10 Å². The number of nitrogens with zero attached hydrogens (tertiary/aromatic N) is 1. The van der Waals surface area contributed by atoms with Crippen LogP contribution in [0.25, 0.3) is 0 Å². The molecule has 1 aliphatic heterocycles. The van der Waals surface area contributed by atoms with Crippen molar-refractivity contribution in [1.82, 2.24) is 4.90 Å². The largest absolute Gasteiger partial charge is 0.398 e. The van der Waals surface area contributed by atoms with Gasteiger partial charge in [0.15, 0.2) is 0 Å². The molecule has 1 heterocycles. The maximum atomic E-state index is 6.24. The van der Waals surface area contributed by atoms with Gasteiger partial charge >= 0.3 is 0 Å².